The maximum atomic E-state index is 12.6. The Balaban J connectivity index is 1.50. The quantitative estimate of drug-likeness (QED) is 0.465. The van der Waals surface area contributed by atoms with Gasteiger partial charge in [0.05, 0.1) is 28.1 Å². The van der Waals surface area contributed by atoms with Crippen molar-refractivity contribution in [1.29, 1.82) is 0 Å². The summed E-state index contributed by atoms with van der Waals surface area (Å²) >= 11 is 0. The number of aromatic nitrogens is 2. The Bertz CT molecular complexity index is 1320. The topological polar surface area (TPSA) is 108 Å². The summed E-state index contributed by atoms with van der Waals surface area (Å²) in [5, 5.41) is 0. The molecule has 156 valence electrons. The molecule has 0 N–H and O–H groups in total. The molecule has 0 atom stereocenters. The second kappa shape index (κ2) is 7.52. The van der Waals surface area contributed by atoms with Gasteiger partial charge in [-0.25, -0.2) is 14.5 Å². The van der Waals surface area contributed by atoms with Crippen LogP contribution in [-0.2, 0) is 25.4 Å². The van der Waals surface area contributed by atoms with E-state index >= 15 is 0 Å². The summed E-state index contributed by atoms with van der Waals surface area (Å²) in [7, 11) is 2.83. The van der Waals surface area contributed by atoms with Gasteiger partial charge in [-0.1, -0.05) is 12.1 Å². The number of ether oxygens (including phenoxy) is 1. The highest BCUT2D eigenvalue weighted by Crippen LogP contribution is 2.28. The minimum absolute atomic E-state index is 0.189. The minimum atomic E-state index is -0.679. The van der Waals surface area contributed by atoms with E-state index < -0.39 is 29.0 Å². The molecule has 0 bridgehead atoms. The molecule has 3 aromatic rings. The number of hydrogen-bond acceptors (Lipinski definition) is 6. The minimum Gasteiger partial charge on any atom is -0.456 e. The predicted octanol–water partition coefficient (Wildman–Crippen LogP) is 1.24. The van der Waals surface area contributed by atoms with Gasteiger partial charge in [-0.05, 0) is 36.4 Å². The molecular weight excluding hydrogens is 402 g/mol. The number of nitrogens with zero attached hydrogens (tertiary/aromatic N) is 3. The van der Waals surface area contributed by atoms with Crippen molar-refractivity contribution in [2.24, 2.45) is 14.1 Å². The van der Waals surface area contributed by atoms with Gasteiger partial charge in [0.15, 0.2) is 0 Å². The van der Waals surface area contributed by atoms with Crippen molar-refractivity contribution in [2.45, 2.75) is 6.61 Å². The van der Waals surface area contributed by atoms with Gasteiger partial charge in [-0.3, -0.25) is 23.5 Å². The van der Waals surface area contributed by atoms with Gasteiger partial charge in [0.2, 0.25) is 0 Å². The Kier molecular flexibility index (Phi) is 4.86. The third-order valence-corrected chi connectivity index (χ3v) is 5.13. The van der Waals surface area contributed by atoms with E-state index in [4.69, 9.17) is 4.74 Å². The van der Waals surface area contributed by atoms with E-state index in [0.717, 1.165) is 9.47 Å². The number of imide groups is 1. The maximum Gasteiger partial charge on any atom is 0.338 e. The molecule has 2 aromatic carbocycles. The number of carbonyl (C=O) groups is 3. The number of hydrogen-bond donors (Lipinski definition) is 0. The van der Waals surface area contributed by atoms with E-state index in [-0.39, 0.29) is 17.9 Å². The fraction of sp³-hybridized carbons (Fsp3) is 0.136. The number of esters is 1. The summed E-state index contributed by atoms with van der Waals surface area (Å²) in [6.45, 7) is -0.263. The van der Waals surface area contributed by atoms with Crippen LogP contribution in [0.4, 0.5) is 5.69 Å². The summed E-state index contributed by atoms with van der Waals surface area (Å²) in [6.07, 6.45) is 0. The van der Waals surface area contributed by atoms with E-state index in [1.807, 2.05) is 0 Å². The van der Waals surface area contributed by atoms with Gasteiger partial charge in [0.1, 0.15) is 6.61 Å². The van der Waals surface area contributed by atoms with Crippen LogP contribution in [0.1, 0.15) is 36.8 Å². The number of carbonyl (C=O) groups excluding carboxylic acids is 3. The van der Waals surface area contributed by atoms with Crippen LogP contribution in [0.5, 0.6) is 0 Å². The van der Waals surface area contributed by atoms with Crippen molar-refractivity contribution in [3.63, 3.8) is 0 Å². The van der Waals surface area contributed by atoms with Crippen molar-refractivity contribution < 1.29 is 19.1 Å². The van der Waals surface area contributed by atoms with E-state index in [2.05, 4.69) is 0 Å². The summed E-state index contributed by atoms with van der Waals surface area (Å²) in [4.78, 5) is 62.3. The van der Waals surface area contributed by atoms with Crippen LogP contribution >= 0.6 is 0 Å². The first-order valence-corrected chi connectivity index (χ1v) is 9.30. The standard InChI is InChI=1S/C22H17N3O6/c1-23-15(11-18(26)24(2)22(23)30)12-31-21(29)13-7-9-14(10-8-13)25-19(27)16-5-3-4-6-17(16)20(25)28/h3-11H,12H2,1-2H3. The molecule has 0 fully saturated rings. The molecule has 0 spiro atoms. The number of rotatable bonds is 4. The molecule has 9 heteroatoms. The highest BCUT2D eigenvalue weighted by atomic mass is 16.5. The molecule has 4 rings (SSSR count). The molecule has 0 saturated heterocycles. The van der Waals surface area contributed by atoms with Crippen LogP contribution in [-0.4, -0.2) is 26.9 Å². The van der Waals surface area contributed by atoms with Crippen LogP contribution in [0.3, 0.4) is 0 Å². The summed E-state index contributed by atoms with van der Waals surface area (Å²) in [6, 6.07) is 13.6. The zero-order valence-electron chi connectivity index (χ0n) is 16.7. The van der Waals surface area contributed by atoms with Crippen LogP contribution in [0.2, 0.25) is 0 Å². The number of amides is 2. The summed E-state index contributed by atoms with van der Waals surface area (Å²) in [5.41, 5.74) is 0.407. The van der Waals surface area contributed by atoms with Gasteiger partial charge in [0, 0.05) is 20.2 Å². The third-order valence-electron chi connectivity index (χ3n) is 5.13. The molecule has 9 nitrogen and oxygen atoms in total. The van der Waals surface area contributed by atoms with Gasteiger partial charge in [-0.2, -0.15) is 0 Å². The van der Waals surface area contributed by atoms with Crippen molar-refractivity contribution >= 4 is 23.5 Å². The van der Waals surface area contributed by atoms with E-state index in [1.54, 1.807) is 24.3 Å². The number of fused-ring (bicyclic) bond motifs is 1. The zero-order chi connectivity index (χ0) is 22.3. The predicted molar refractivity (Wildman–Crippen MR) is 110 cm³/mol. The molecule has 1 aliphatic heterocycles. The van der Waals surface area contributed by atoms with E-state index in [0.29, 0.717) is 16.8 Å². The van der Waals surface area contributed by atoms with E-state index in [1.165, 1.54) is 49.0 Å². The van der Waals surface area contributed by atoms with Crippen molar-refractivity contribution in [1.82, 2.24) is 9.13 Å². The number of anilines is 1. The average molecular weight is 419 g/mol. The fourth-order valence-corrected chi connectivity index (χ4v) is 3.31. The molecular formula is C22H17N3O6. The van der Waals surface area contributed by atoms with Gasteiger partial charge >= 0.3 is 11.7 Å². The van der Waals surface area contributed by atoms with Gasteiger partial charge in [0.25, 0.3) is 17.4 Å². The molecule has 0 aliphatic carbocycles. The SMILES string of the molecule is Cn1c(COC(=O)c2ccc(N3C(=O)c4ccccc4C3=O)cc2)cc(=O)n(C)c1=O. The van der Waals surface area contributed by atoms with Gasteiger partial charge < -0.3 is 4.74 Å². The molecule has 0 radical (unpaired) electrons. The average Bonchev–Trinajstić information content (AvgIpc) is 3.04. The molecule has 2 heterocycles. The van der Waals surface area contributed by atoms with Crippen LogP contribution in [0.15, 0.2) is 64.2 Å². The maximum absolute atomic E-state index is 12.6. The van der Waals surface area contributed by atoms with Crippen molar-refractivity contribution in [3.8, 4) is 0 Å². The Labute approximate surface area is 175 Å². The highest BCUT2D eigenvalue weighted by molar-refractivity contribution is 6.34. The molecule has 1 aliphatic rings. The van der Waals surface area contributed by atoms with Crippen molar-refractivity contribution in [3.05, 3.63) is 97.8 Å². The molecule has 0 unspecified atom stereocenters. The van der Waals surface area contributed by atoms with Gasteiger partial charge in [-0.15, -0.1) is 0 Å². The molecule has 31 heavy (non-hydrogen) atoms. The Morgan fingerprint density at radius 3 is 2.00 bits per heavy atom. The lowest BCUT2D eigenvalue weighted by molar-refractivity contribution is 0.0462. The number of benzene rings is 2. The first-order valence-electron chi connectivity index (χ1n) is 9.30. The second-order valence-electron chi connectivity index (χ2n) is 6.99. The highest BCUT2D eigenvalue weighted by Gasteiger charge is 2.36. The lowest BCUT2D eigenvalue weighted by atomic mass is 10.1. The lowest BCUT2D eigenvalue weighted by Gasteiger charge is -2.14. The molecule has 1 aromatic heterocycles. The lowest BCUT2D eigenvalue weighted by Crippen LogP contribution is -2.38. The Hall–Kier alpha value is -4.27. The molecule has 2 amide bonds. The monoisotopic (exact) mass is 419 g/mol. The normalized spacial score (nSPS) is 12.8. The van der Waals surface area contributed by atoms with E-state index in [9.17, 15) is 24.0 Å². The van der Waals surface area contributed by atoms with Crippen LogP contribution in [0.25, 0.3) is 0 Å². The fourth-order valence-electron chi connectivity index (χ4n) is 3.31. The Morgan fingerprint density at radius 1 is 0.839 bits per heavy atom. The van der Waals surface area contributed by atoms with Crippen LogP contribution in [0, 0.1) is 0 Å². The third kappa shape index (κ3) is 3.35. The first-order chi connectivity index (χ1) is 14.8. The smallest absolute Gasteiger partial charge is 0.338 e. The second-order valence-corrected chi connectivity index (χ2v) is 6.99. The summed E-state index contributed by atoms with van der Waals surface area (Å²) < 4.78 is 7.38. The largest absolute Gasteiger partial charge is 0.456 e. The van der Waals surface area contributed by atoms with Crippen molar-refractivity contribution in [2.75, 3.05) is 4.90 Å². The molecule has 0 saturated carbocycles. The zero-order valence-corrected chi connectivity index (χ0v) is 16.7. The Morgan fingerprint density at radius 2 is 1.42 bits per heavy atom. The van der Waals surface area contributed by atoms with Crippen LogP contribution < -0.4 is 16.1 Å². The first kappa shape index (κ1) is 20.0. The summed E-state index contributed by atoms with van der Waals surface area (Å²) in [5.74, 6) is -1.54.